The van der Waals surface area contributed by atoms with E-state index < -0.39 is 5.82 Å². The van der Waals surface area contributed by atoms with Crippen LogP contribution in [0.4, 0.5) is 10.3 Å². The highest BCUT2D eigenvalue weighted by Gasteiger charge is 2.05. The lowest BCUT2D eigenvalue weighted by molar-refractivity contribution is 0.627. The maximum absolute atomic E-state index is 13.0. The van der Waals surface area contributed by atoms with E-state index in [0.29, 0.717) is 12.5 Å². The Morgan fingerprint density at radius 2 is 2.11 bits per heavy atom. The average Bonchev–Trinajstić information content (AvgIpc) is 2.83. The van der Waals surface area contributed by atoms with Gasteiger partial charge in [0.2, 0.25) is 5.95 Å². The van der Waals surface area contributed by atoms with Gasteiger partial charge in [0.25, 0.3) is 0 Å². The van der Waals surface area contributed by atoms with Crippen molar-refractivity contribution < 1.29 is 4.39 Å². The molecule has 0 bridgehead atoms. The molecule has 0 unspecified atom stereocenters. The van der Waals surface area contributed by atoms with E-state index in [2.05, 4.69) is 15.5 Å². The fraction of sp³-hybridized carbons (Fsp3) is 0.0769. The molecule has 3 rings (SSSR count). The molecule has 3 aromatic rings. The first-order valence-electron chi connectivity index (χ1n) is 5.71. The molecule has 2 aromatic heterocycles. The van der Waals surface area contributed by atoms with Gasteiger partial charge < -0.3 is 5.32 Å². The minimum atomic E-state index is -0.418. The van der Waals surface area contributed by atoms with Crippen LogP contribution in [0.1, 0.15) is 5.56 Å². The molecular weight excluding hydrogens is 267 g/mol. The fourth-order valence-corrected chi connectivity index (χ4v) is 2.00. The lowest BCUT2D eigenvalue weighted by Crippen LogP contribution is -2.03. The van der Waals surface area contributed by atoms with Crippen LogP contribution in [-0.4, -0.2) is 14.6 Å². The van der Waals surface area contributed by atoms with Crippen molar-refractivity contribution in [1.29, 1.82) is 0 Å². The second-order valence-electron chi connectivity index (χ2n) is 4.05. The standard InChI is InChI=1S/C13H10ClFN4/c14-10-7-9(4-5-11(10)15)8-16-13-18-17-12-3-1-2-6-19(12)13/h1-7H,8H2,(H,16,18). The van der Waals surface area contributed by atoms with Gasteiger partial charge in [0.15, 0.2) is 5.65 Å². The molecule has 6 heteroatoms. The molecule has 19 heavy (non-hydrogen) atoms. The van der Waals surface area contributed by atoms with Crippen molar-refractivity contribution in [2.45, 2.75) is 6.54 Å². The van der Waals surface area contributed by atoms with Crippen LogP contribution in [0.25, 0.3) is 5.65 Å². The van der Waals surface area contributed by atoms with Gasteiger partial charge >= 0.3 is 0 Å². The Bertz CT molecular complexity index is 725. The first-order chi connectivity index (χ1) is 9.24. The predicted octanol–water partition coefficient (Wildman–Crippen LogP) is 3.13. The van der Waals surface area contributed by atoms with Gasteiger partial charge in [-0.2, -0.15) is 0 Å². The summed E-state index contributed by atoms with van der Waals surface area (Å²) in [6, 6.07) is 10.3. The van der Waals surface area contributed by atoms with Gasteiger partial charge in [-0.15, -0.1) is 10.2 Å². The molecule has 0 fully saturated rings. The van der Waals surface area contributed by atoms with E-state index in [1.807, 2.05) is 28.8 Å². The molecule has 1 N–H and O–H groups in total. The van der Waals surface area contributed by atoms with E-state index in [9.17, 15) is 4.39 Å². The summed E-state index contributed by atoms with van der Waals surface area (Å²) in [6.45, 7) is 0.496. The number of pyridine rings is 1. The van der Waals surface area contributed by atoms with Crippen LogP contribution < -0.4 is 5.32 Å². The first-order valence-corrected chi connectivity index (χ1v) is 6.09. The van der Waals surface area contributed by atoms with Crippen LogP contribution in [0.3, 0.4) is 0 Å². The molecule has 0 aliphatic heterocycles. The zero-order valence-electron chi connectivity index (χ0n) is 9.85. The predicted molar refractivity (Wildman–Crippen MR) is 71.7 cm³/mol. The third-order valence-corrected chi connectivity index (χ3v) is 3.04. The van der Waals surface area contributed by atoms with Crippen molar-refractivity contribution in [3.63, 3.8) is 0 Å². The zero-order chi connectivity index (χ0) is 13.2. The zero-order valence-corrected chi connectivity index (χ0v) is 10.6. The highest BCUT2D eigenvalue weighted by molar-refractivity contribution is 6.30. The van der Waals surface area contributed by atoms with Crippen LogP contribution in [0.5, 0.6) is 0 Å². The maximum atomic E-state index is 13.0. The highest BCUT2D eigenvalue weighted by atomic mass is 35.5. The molecule has 0 aliphatic carbocycles. The Morgan fingerprint density at radius 3 is 2.95 bits per heavy atom. The second-order valence-corrected chi connectivity index (χ2v) is 4.46. The first kappa shape index (κ1) is 11.9. The molecule has 0 radical (unpaired) electrons. The van der Waals surface area contributed by atoms with E-state index in [1.165, 1.54) is 6.07 Å². The van der Waals surface area contributed by atoms with Gasteiger partial charge in [-0.25, -0.2) is 4.39 Å². The molecule has 0 spiro atoms. The van der Waals surface area contributed by atoms with Crippen molar-refractivity contribution in [2.75, 3.05) is 5.32 Å². The van der Waals surface area contributed by atoms with Crippen LogP contribution in [0, 0.1) is 5.82 Å². The molecule has 0 atom stereocenters. The van der Waals surface area contributed by atoms with Gasteiger partial charge in [-0.3, -0.25) is 4.40 Å². The topological polar surface area (TPSA) is 42.2 Å². The van der Waals surface area contributed by atoms with Gasteiger partial charge in [0.1, 0.15) is 5.82 Å². The number of anilines is 1. The van der Waals surface area contributed by atoms with Gasteiger partial charge in [0, 0.05) is 12.7 Å². The van der Waals surface area contributed by atoms with Crippen molar-refractivity contribution in [2.24, 2.45) is 0 Å². The van der Waals surface area contributed by atoms with Crippen molar-refractivity contribution >= 4 is 23.2 Å². The number of halogens is 2. The molecule has 0 aliphatic rings. The van der Waals surface area contributed by atoms with Crippen molar-refractivity contribution in [3.8, 4) is 0 Å². The van der Waals surface area contributed by atoms with Crippen molar-refractivity contribution in [1.82, 2.24) is 14.6 Å². The molecule has 4 nitrogen and oxygen atoms in total. The lowest BCUT2D eigenvalue weighted by Gasteiger charge is -2.05. The van der Waals surface area contributed by atoms with Gasteiger partial charge in [-0.1, -0.05) is 23.7 Å². The van der Waals surface area contributed by atoms with E-state index >= 15 is 0 Å². The van der Waals surface area contributed by atoms with Crippen LogP contribution in [-0.2, 0) is 6.54 Å². The SMILES string of the molecule is Fc1ccc(CNc2nnc3ccccn23)cc1Cl. The lowest BCUT2D eigenvalue weighted by atomic mass is 10.2. The highest BCUT2D eigenvalue weighted by Crippen LogP contribution is 2.17. The number of hydrogen-bond acceptors (Lipinski definition) is 3. The molecular formula is C13H10ClFN4. The number of rotatable bonds is 3. The van der Waals surface area contributed by atoms with E-state index in [4.69, 9.17) is 11.6 Å². The number of nitrogens with zero attached hydrogens (tertiary/aromatic N) is 3. The van der Waals surface area contributed by atoms with Gasteiger partial charge in [0.05, 0.1) is 5.02 Å². The molecule has 0 saturated heterocycles. The number of benzene rings is 1. The Hall–Kier alpha value is -2.14. The van der Waals surface area contributed by atoms with E-state index in [1.54, 1.807) is 12.1 Å². The number of aromatic nitrogens is 3. The number of fused-ring (bicyclic) bond motifs is 1. The van der Waals surface area contributed by atoms with Crippen LogP contribution >= 0.6 is 11.6 Å². The average molecular weight is 277 g/mol. The Labute approximate surface area is 113 Å². The fourth-order valence-electron chi connectivity index (χ4n) is 1.79. The maximum Gasteiger partial charge on any atom is 0.229 e. The third kappa shape index (κ3) is 2.37. The smallest absolute Gasteiger partial charge is 0.229 e. The molecule has 96 valence electrons. The summed E-state index contributed by atoms with van der Waals surface area (Å²) >= 11 is 5.73. The quantitative estimate of drug-likeness (QED) is 0.799. The van der Waals surface area contributed by atoms with Crippen LogP contribution in [0.15, 0.2) is 42.6 Å². The Balaban J connectivity index is 1.80. The molecule has 0 saturated carbocycles. The summed E-state index contributed by atoms with van der Waals surface area (Å²) in [5.41, 5.74) is 1.64. The van der Waals surface area contributed by atoms with Gasteiger partial charge in [-0.05, 0) is 29.8 Å². The normalized spacial score (nSPS) is 10.8. The summed E-state index contributed by atoms with van der Waals surface area (Å²) in [4.78, 5) is 0. The third-order valence-electron chi connectivity index (χ3n) is 2.75. The Kier molecular flexibility index (Phi) is 3.05. The summed E-state index contributed by atoms with van der Waals surface area (Å²) in [5, 5.41) is 11.3. The van der Waals surface area contributed by atoms with Crippen LogP contribution in [0.2, 0.25) is 5.02 Å². The molecule has 2 heterocycles. The minimum absolute atomic E-state index is 0.116. The monoisotopic (exact) mass is 276 g/mol. The summed E-state index contributed by atoms with van der Waals surface area (Å²) in [6.07, 6.45) is 1.87. The molecule has 0 amide bonds. The largest absolute Gasteiger partial charge is 0.350 e. The number of nitrogens with one attached hydrogen (secondary N) is 1. The minimum Gasteiger partial charge on any atom is -0.350 e. The Morgan fingerprint density at radius 1 is 1.21 bits per heavy atom. The summed E-state index contributed by atoms with van der Waals surface area (Å²) in [7, 11) is 0. The molecule has 1 aromatic carbocycles. The summed E-state index contributed by atoms with van der Waals surface area (Å²) < 4.78 is 14.9. The number of hydrogen-bond donors (Lipinski definition) is 1. The second kappa shape index (κ2) is 4.85. The van der Waals surface area contributed by atoms with Crippen molar-refractivity contribution in [3.05, 3.63) is 59.0 Å². The van der Waals surface area contributed by atoms with E-state index in [0.717, 1.165) is 11.2 Å². The van der Waals surface area contributed by atoms with E-state index in [-0.39, 0.29) is 5.02 Å². The summed E-state index contributed by atoms with van der Waals surface area (Å²) in [5.74, 6) is 0.217.